The van der Waals surface area contributed by atoms with Crippen LogP contribution in [0.5, 0.6) is 0 Å². The Hall–Kier alpha value is -0.930. The Labute approximate surface area is 85.2 Å². The summed E-state index contributed by atoms with van der Waals surface area (Å²) in [7, 11) is 0. The highest BCUT2D eigenvalue weighted by atomic mass is 16.3. The Morgan fingerprint density at radius 3 is 2.79 bits per heavy atom. The summed E-state index contributed by atoms with van der Waals surface area (Å²) in [4.78, 5) is 4.21. The van der Waals surface area contributed by atoms with Crippen molar-refractivity contribution < 1.29 is 5.11 Å². The first-order chi connectivity index (χ1) is 6.74. The van der Waals surface area contributed by atoms with Crippen LogP contribution in [0, 0.1) is 5.92 Å². The average Bonchev–Trinajstić information content (AvgIpc) is 2.26. The SMILES string of the molecule is CC(CO)C(C)NCc1ccccn1. The van der Waals surface area contributed by atoms with Crippen molar-refractivity contribution in [3.8, 4) is 0 Å². The van der Waals surface area contributed by atoms with Gasteiger partial charge in [-0.2, -0.15) is 0 Å². The van der Waals surface area contributed by atoms with Crippen LogP contribution in [0.1, 0.15) is 19.5 Å². The molecule has 0 spiro atoms. The van der Waals surface area contributed by atoms with Gasteiger partial charge in [-0.15, -0.1) is 0 Å². The van der Waals surface area contributed by atoms with Gasteiger partial charge >= 0.3 is 0 Å². The lowest BCUT2D eigenvalue weighted by molar-refractivity contribution is 0.207. The van der Waals surface area contributed by atoms with Crippen molar-refractivity contribution in [3.05, 3.63) is 30.1 Å². The van der Waals surface area contributed by atoms with E-state index in [9.17, 15) is 0 Å². The molecular formula is C11H18N2O. The molecule has 0 saturated carbocycles. The molecule has 3 heteroatoms. The third-order valence-corrected chi connectivity index (χ3v) is 2.47. The van der Waals surface area contributed by atoms with Gasteiger partial charge in [0.15, 0.2) is 0 Å². The van der Waals surface area contributed by atoms with Crippen molar-refractivity contribution in [1.82, 2.24) is 10.3 Å². The standard InChI is InChI=1S/C11H18N2O/c1-9(8-14)10(2)13-7-11-5-3-4-6-12-11/h3-6,9-10,13-14H,7-8H2,1-2H3. The summed E-state index contributed by atoms with van der Waals surface area (Å²) in [5.74, 6) is 0.277. The Morgan fingerprint density at radius 1 is 1.43 bits per heavy atom. The van der Waals surface area contributed by atoms with E-state index in [1.165, 1.54) is 0 Å². The first kappa shape index (κ1) is 11.1. The highest BCUT2D eigenvalue weighted by molar-refractivity contribution is 5.03. The number of nitrogens with one attached hydrogen (secondary N) is 1. The molecule has 0 radical (unpaired) electrons. The van der Waals surface area contributed by atoms with Crippen LogP contribution in [0.2, 0.25) is 0 Å². The fourth-order valence-corrected chi connectivity index (χ4v) is 1.13. The monoisotopic (exact) mass is 194 g/mol. The third-order valence-electron chi connectivity index (χ3n) is 2.47. The maximum atomic E-state index is 8.95. The number of pyridine rings is 1. The van der Waals surface area contributed by atoms with Crippen molar-refractivity contribution in [1.29, 1.82) is 0 Å². The van der Waals surface area contributed by atoms with Crippen LogP contribution < -0.4 is 5.32 Å². The Balaban J connectivity index is 2.34. The lowest BCUT2D eigenvalue weighted by Crippen LogP contribution is -2.33. The molecule has 2 unspecified atom stereocenters. The second-order valence-corrected chi connectivity index (χ2v) is 3.65. The highest BCUT2D eigenvalue weighted by Crippen LogP contribution is 2.02. The molecule has 0 amide bonds. The van der Waals surface area contributed by atoms with Crippen LogP contribution >= 0.6 is 0 Å². The van der Waals surface area contributed by atoms with Gasteiger partial charge in [0, 0.05) is 25.4 Å². The lowest BCUT2D eigenvalue weighted by atomic mass is 10.1. The number of aliphatic hydroxyl groups excluding tert-OH is 1. The number of rotatable bonds is 5. The van der Waals surface area contributed by atoms with Gasteiger partial charge in [-0.1, -0.05) is 13.0 Å². The molecule has 78 valence electrons. The Morgan fingerprint density at radius 2 is 2.21 bits per heavy atom. The molecular weight excluding hydrogens is 176 g/mol. The predicted molar refractivity (Wildman–Crippen MR) is 56.8 cm³/mol. The Bertz CT molecular complexity index is 251. The second-order valence-electron chi connectivity index (χ2n) is 3.65. The first-order valence-electron chi connectivity index (χ1n) is 4.98. The van der Waals surface area contributed by atoms with Crippen molar-refractivity contribution in [2.75, 3.05) is 6.61 Å². The molecule has 0 aliphatic heterocycles. The summed E-state index contributed by atoms with van der Waals surface area (Å²) in [5, 5.41) is 12.3. The van der Waals surface area contributed by atoms with Crippen LogP contribution in [-0.4, -0.2) is 22.7 Å². The summed E-state index contributed by atoms with van der Waals surface area (Å²) >= 11 is 0. The van der Waals surface area contributed by atoms with E-state index in [0.717, 1.165) is 12.2 Å². The second kappa shape index (κ2) is 5.73. The van der Waals surface area contributed by atoms with Gasteiger partial charge in [-0.3, -0.25) is 4.98 Å². The molecule has 0 aliphatic rings. The van der Waals surface area contributed by atoms with Gasteiger partial charge in [0.2, 0.25) is 0 Å². The number of aliphatic hydroxyl groups is 1. The molecule has 1 aromatic rings. The van der Waals surface area contributed by atoms with Crippen LogP contribution in [0.4, 0.5) is 0 Å². The quantitative estimate of drug-likeness (QED) is 0.740. The van der Waals surface area contributed by atoms with Gasteiger partial charge in [0.1, 0.15) is 0 Å². The average molecular weight is 194 g/mol. The summed E-state index contributed by atoms with van der Waals surface area (Å²) in [6.45, 7) is 5.07. The summed E-state index contributed by atoms with van der Waals surface area (Å²) in [5.41, 5.74) is 1.03. The normalized spacial score (nSPS) is 15.1. The Kier molecular flexibility index (Phi) is 4.56. The summed E-state index contributed by atoms with van der Waals surface area (Å²) < 4.78 is 0. The van der Waals surface area contributed by atoms with Crippen molar-refractivity contribution in [3.63, 3.8) is 0 Å². The third kappa shape index (κ3) is 3.44. The molecule has 0 aliphatic carbocycles. The maximum Gasteiger partial charge on any atom is 0.0541 e. The van der Waals surface area contributed by atoms with E-state index in [0.29, 0.717) is 6.04 Å². The number of nitrogens with zero attached hydrogens (tertiary/aromatic N) is 1. The van der Waals surface area contributed by atoms with Crippen molar-refractivity contribution in [2.45, 2.75) is 26.4 Å². The van der Waals surface area contributed by atoms with E-state index >= 15 is 0 Å². The summed E-state index contributed by atoms with van der Waals surface area (Å²) in [6, 6.07) is 6.18. The zero-order chi connectivity index (χ0) is 10.4. The van der Waals surface area contributed by atoms with Gasteiger partial charge in [-0.25, -0.2) is 0 Å². The molecule has 0 aromatic carbocycles. The van der Waals surface area contributed by atoms with Crippen molar-refractivity contribution >= 4 is 0 Å². The predicted octanol–water partition coefficient (Wildman–Crippen LogP) is 1.19. The minimum absolute atomic E-state index is 0.219. The van der Waals surface area contributed by atoms with Crippen LogP contribution in [0.3, 0.4) is 0 Å². The maximum absolute atomic E-state index is 8.95. The fourth-order valence-electron chi connectivity index (χ4n) is 1.13. The first-order valence-corrected chi connectivity index (χ1v) is 4.98. The zero-order valence-electron chi connectivity index (χ0n) is 8.77. The largest absolute Gasteiger partial charge is 0.396 e. The fraction of sp³-hybridized carbons (Fsp3) is 0.545. The molecule has 0 saturated heterocycles. The minimum atomic E-state index is 0.219. The van der Waals surface area contributed by atoms with Gasteiger partial charge in [0.05, 0.1) is 5.69 Å². The van der Waals surface area contributed by atoms with Crippen LogP contribution in [-0.2, 0) is 6.54 Å². The topological polar surface area (TPSA) is 45.1 Å². The van der Waals surface area contributed by atoms with Gasteiger partial charge in [0.25, 0.3) is 0 Å². The van der Waals surface area contributed by atoms with E-state index in [-0.39, 0.29) is 12.5 Å². The lowest BCUT2D eigenvalue weighted by Gasteiger charge is -2.18. The van der Waals surface area contributed by atoms with Crippen molar-refractivity contribution in [2.24, 2.45) is 5.92 Å². The van der Waals surface area contributed by atoms with Crippen LogP contribution in [0.25, 0.3) is 0 Å². The number of aromatic nitrogens is 1. The van der Waals surface area contributed by atoms with E-state index in [1.807, 2.05) is 25.1 Å². The van der Waals surface area contributed by atoms with E-state index in [2.05, 4.69) is 17.2 Å². The molecule has 1 aromatic heterocycles. The molecule has 1 rings (SSSR count). The minimum Gasteiger partial charge on any atom is -0.396 e. The highest BCUT2D eigenvalue weighted by Gasteiger charge is 2.09. The number of hydrogen-bond acceptors (Lipinski definition) is 3. The molecule has 0 bridgehead atoms. The summed E-state index contributed by atoms with van der Waals surface area (Å²) in [6.07, 6.45) is 1.79. The smallest absolute Gasteiger partial charge is 0.0541 e. The van der Waals surface area contributed by atoms with E-state index in [4.69, 9.17) is 5.11 Å². The van der Waals surface area contributed by atoms with Gasteiger partial charge < -0.3 is 10.4 Å². The van der Waals surface area contributed by atoms with E-state index in [1.54, 1.807) is 6.20 Å². The molecule has 0 fully saturated rings. The zero-order valence-corrected chi connectivity index (χ0v) is 8.77. The molecule has 2 atom stereocenters. The van der Waals surface area contributed by atoms with Gasteiger partial charge in [-0.05, 0) is 25.0 Å². The number of hydrogen-bond donors (Lipinski definition) is 2. The molecule has 1 heterocycles. The van der Waals surface area contributed by atoms with Crippen LogP contribution in [0.15, 0.2) is 24.4 Å². The molecule has 14 heavy (non-hydrogen) atoms. The van der Waals surface area contributed by atoms with E-state index < -0.39 is 0 Å². The molecule has 2 N–H and O–H groups in total. The molecule has 3 nitrogen and oxygen atoms in total.